The number of carbonyl (C=O) groups is 1. The lowest BCUT2D eigenvalue weighted by Gasteiger charge is -2.05. The molecular weight excluding hydrogens is 301 g/mol. The number of hydrogen-bond acceptors (Lipinski definition) is 4. The fraction of sp³-hybridized carbons (Fsp3) is 0.222. The number of carbonyl (C=O) groups excluding carboxylic acids is 1. The smallest absolute Gasteiger partial charge is 0.339 e. The first kappa shape index (κ1) is 12.9. The second kappa shape index (κ2) is 5.27. The van der Waals surface area contributed by atoms with Crippen molar-refractivity contribution in [2.75, 3.05) is 6.61 Å². The Morgan fingerprint density at radius 1 is 1.62 bits per heavy atom. The maximum Gasteiger partial charge on any atom is 0.339 e. The average Bonchev–Trinajstić information content (AvgIpc) is 2.21. The van der Waals surface area contributed by atoms with Crippen LogP contribution in [-0.4, -0.2) is 17.5 Å². The minimum Gasteiger partial charge on any atom is -0.462 e. The summed E-state index contributed by atoms with van der Waals surface area (Å²) in [7, 11) is 0. The van der Waals surface area contributed by atoms with Crippen LogP contribution in [0.2, 0.25) is 5.02 Å². The van der Waals surface area contributed by atoms with Gasteiger partial charge in [-0.05, 0) is 22.9 Å². The van der Waals surface area contributed by atoms with Crippen molar-refractivity contribution in [3.63, 3.8) is 0 Å². The maximum atomic E-state index is 11.4. The fourth-order valence-corrected chi connectivity index (χ4v) is 1.67. The van der Waals surface area contributed by atoms with Crippen LogP contribution in [0.3, 0.4) is 0 Å². The van der Waals surface area contributed by atoms with Crippen molar-refractivity contribution in [2.24, 2.45) is 0 Å². The van der Waals surface area contributed by atoms with Gasteiger partial charge in [0.15, 0.2) is 0 Å². The van der Waals surface area contributed by atoms with Gasteiger partial charge in [-0.25, -0.2) is 4.79 Å². The molecule has 0 fully saturated rings. The first-order valence-electron chi connectivity index (χ1n) is 4.28. The van der Waals surface area contributed by atoms with Crippen LogP contribution >= 0.6 is 27.5 Å². The maximum absolute atomic E-state index is 11.4. The molecule has 0 N–H and O–H groups in total. The van der Waals surface area contributed by atoms with Crippen LogP contribution in [0.5, 0.6) is 0 Å². The summed E-state index contributed by atoms with van der Waals surface area (Å²) in [6.07, 6.45) is 0. The van der Waals surface area contributed by atoms with Crippen molar-refractivity contribution in [3.05, 3.63) is 37.3 Å². The Hall–Kier alpha value is -1.14. The fourth-order valence-electron chi connectivity index (χ4n) is 1.04. The zero-order valence-corrected chi connectivity index (χ0v) is 10.5. The number of nitrogens with zero attached hydrogens (tertiary/aromatic N) is 1. The Morgan fingerprint density at radius 3 is 2.75 bits per heavy atom. The van der Waals surface area contributed by atoms with E-state index in [0.717, 1.165) is 6.07 Å². The van der Waals surface area contributed by atoms with Gasteiger partial charge in [0, 0.05) is 16.6 Å². The third-order valence-electron chi connectivity index (χ3n) is 1.72. The third-order valence-corrected chi connectivity index (χ3v) is 2.98. The summed E-state index contributed by atoms with van der Waals surface area (Å²) < 4.78 is 5.02. The second-order valence-electron chi connectivity index (χ2n) is 2.77. The van der Waals surface area contributed by atoms with Crippen LogP contribution in [0.4, 0.5) is 5.69 Å². The van der Waals surface area contributed by atoms with Crippen molar-refractivity contribution >= 4 is 39.2 Å². The normalized spacial score (nSPS) is 9.94. The third kappa shape index (κ3) is 2.70. The van der Waals surface area contributed by atoms with Crippen molar-refractivity contribution in [1.82, 2.24) is 0 Å². The molecule has 0 heterocycles. The van der Waals surface area contributed by atoms with Gasteiger partial charge in [-0.2, -0.15) is 0 Å². The molecule has 86 valence electrons. The number of esters is 1. The molecule has 0 unspecified atom stereocenters. The van der Waals surface area contributed by atoms with Gasteiger partial charge in [-0.1, -0.05) is 11.6 Å². The molecule has 0 aromatic heterocycles. The first-order valence-corrected chi connectivity index (χ1v) is 5.45. The lowest BCUT2D eigenvalue weighted by Crippen LogP contribution is -2.06. The molecule has 0 bridgehead atoms. The van der Waals surface area contributed by atoms with Crippen molar-refractivity contribution in [3.8, 4) is 0 Å². The van der Waals surface area contributed by atoms with Gasteiger partial charge in [0.25, 0.3) is 5.69 Å². The van der Waals surface area contributed by atoms with Gasteiger partial charge in [0.1, 0.15) is 0 Å². The van der Waals surface area contributed by atoms with Gasteiger partial charge < -0.3 is 4.74 Å². The number of halogens is 2. The van der Waals surface area contributed by atoms with E-state index in [9.17, 15) is 14.9 Å². The number of benzene rings is 1. The zero-order valence-electron chi connectivity index (χ0n) is 8.20. The Balaban J connectivity index is 3.26. The molecule has 0 saturated carbocycles. The highest BCUT2D eigenvalue weighted by atomic mass is 79.9. The lowest BCUT2D eigenvalue weighted by molar-refractivity contribution is -0.385. The molecule has 0 saturated heterocycles. The Bertz CT molecular complexity index is 449. The monoisotopic (exact) mass is 307 g/mol. The Kier molecular flexibility index (Phi) is 4.26. The van der Waals surface area contributed by atoms with Crippen molar-refractivity contribution in [2.45, 2.75) is 6.92 Å². The van der Waals surface area contributed by atoms with E-state index in [1.54, 1.807) is 6.92 Å². The quantitative estimate of drug-likeness (QED) is 0.488. The second-order valence-corrected chi connectivity index (χ2v) is 4.00. The van der Waals surface area contributed by atoms with E-state index < -0.39 is 10.9 Å². The molecule has 1 rings (SSSR count). The Labute approximate surface area is 105 Å². The van der Waals surface area contributed by atoms with Gasteiger partial charge in [0.05, 0.1) is 22.1 Å². The van der Waals surface area contributed by atoms with E-state index in [4.69, 9.17) is 16.3 Å². The molecule has 0 atom stereocenters. The number of hydrogen-bond donors (Lipinski definition) is 0. The predicted octanol–water partition coefficient (Wildman–Crippen LogP) is 3.19. The summed E-state index contributed by atoms with van der Waals surface area (Å²) in [5, 5.41) is 10.7. The van der Waals surface area contributed by atoms with Crippen LogP contribution < -0.4 is 0 Å². The molecule has 7 heteroatoms. The van der Waals surface area contributed by atoms with E-state index in [-0.39, 0.29) is 27.4 Å². The number of non-ortho nitro benzene ring substituents is 1. The van der Waals surface area contributed by atoms with E-state index in [1.807, 2.05) is 0 Å². The predicted molar refractivity (Wildman–Crippen MR) is 61.8 cm³/mol. The van der Waals surface area contributed by atoms with Crippen molar-refractivity contribution < 1.29 is 14.5 Å². The van der Waals surface area contributed by atoms with Gasteiger partial charge in [0.2, 0.25) is 0 Å². The Morgan fingerprint density at radius 2 is 2.25 bits per heavy atom. The average molecular weight is 309 g/mol. The van der Waals surface area contributed by atoms with Gasteiger partial charge in [-0.15, -0.1) is 0 Å². The molecule has 1 aromatic carbocycles. The number of nitro benzene ring substituents is 1. The van der Waals surface area contributed by atoms with E-state index in [1.165, 1.54) is 6.07 Å². The number of ether oxygens (including phenoxy) is 1. The molecule has 0 spiro atoms. The standard InChI is InChI=1S/C9H7BrClNO4/c1-2-16-9(13)6-3-5(12(14)15)4-7(10)8(6)11/h3-4H,2H2,1H3. The summed E-state index contributed by atoms with van der Waals surface area (Å²) in [6.45, 7) is 1.81. The lowest BCUT2D eigenvalue weighted by atomic mass is 10.2. The minimum absolute atomic E-state index is 0.0235. The summed E-state index contributed by atoms with van der Waals surface area (Å²) in [4.78, 5) is 21.4. The number of nitro groups is 1. The van der Waals surface area contributed by atoms with Gasteiger partial charge in [-0.3, -0.25) is 10.1 Å². The molecule has 0 radical (unpaired) electrons. The van der Waals surface area contributed by atoms with E-state index >= 15 is 0 Å². The van der Waals surface area contributed by atoms with E-state index in [2.05, 4.69) is 15.9 Å². The van der Waals surface area contributed by atoms with Crippen LogP contribution in [0, 0.1) is 10.1 Å². The molecule has 1 aromatic rings. The molecule has 0 aliphatic rings. The van der Waals surface area contributed by atoms with Crippen LogP contribution in [0.25, 0.3) is 0 Å². The molecular formula is C9H7BrClNO4. The summed E-state index contributed by atoms with van der Waals surface area (Å²) in [5.74, 6) is -0.683. The highest BCUT2D eigenvalue weighted by Crippen LogP contribution is 2.31. The van der Waals surface area contributed by atoms with Gasteiger partial charge >= 0.3 is 5.97 Å². The highest BCUT2D eigenvalue weighted by molar-refractivity contribution is 9.10. The summed E-state index contributed by atoms with van der Waals surface area (Å²) in [6, 6.07) is 2.32. The van der Waals surface area contributed by atoms with Crippen LogP contribution in [-0.2, 0) is 4.74 Å². The molecule has 5 nitrogen and oxygen atoms in total. The number of rotatable bonds is 3. The highest BCUT2D eigenvalue weighted by Gasteiger charge is 2.19. The molecule has 0 amide bonds. The minimum atomic E-state index is -0.683. The topological polar surface area (TPSA) is 69.4 Å². The molecule has 0 aliphatic heterocycles. The first-order chi connectivity index (χ1) is 7.47. The van der Waals surface area contributed by atoms with Crippen LogP contribution in [0.15, 0.2) is 16.6 Å². The van der Waals surface area contributed by atoms with Crippen LogP contribution in [0.1, 0.15) is 17.3 Å². The molecule has 0 aliphatic carbocycles. The zero-order chi connectivity index (χ0) is 12.3. The summed E-state index contributed by atoms with van der Waals surface area (Å²) >= 11 is 8.87. The largest absolute Gasteiger partial charge is 0.462 e. The SMILES string of the molecule is CCOC(=O)c1cc([N+](=O)[O-])cc(Br)c1Cl. The molecule has 16 heavy (non-hydrogen) atoms. The summed E-state index contributed by atoms with van der Waals surface area (Å²) in [5.41, 5.74) is -0.246. The van der Waals surface area contributed by atoms with E-state index in [0.29, 0.717) is 0 Å². The van der Waals surface area contributed by atoms with Crippen molar-refractivity contribution in [1.29, 1.82) is 0 Å².